The molecule has 9 heteroatoms. The summed E-state index contributed by atoms with van der Waals surface area (Å²) in [6.07, 6.45) is 6.07. The molecule has 0 spiro atoms. The van der Waals surface area contributed by atoms with Gasteiger partial charge in [-0.3, -0.25) is 0 Å². The van der Waals surface area contributed by atoms with Gasteiger partial charge in [-0.2, -0.15) is 5.26 Å². The largest absolute Gasteiger partial charge is 0.412 e. The van der Waals surface area contributed by atoms with Gasteiger partial charge in [-0.25, -0.2) is 14.4 Å². The van der Waals surface area contributed by atoms with Gasteiger partial charge in [0.25, 0.3) is 0 Å². The molecule has 3 rings (SSSR count). The number of benzene rings is 1. The lowest BCUT2D eigenvalue weighted by Gasteiger charge is -2.36. The molecule has 0 atom stereocenters. The Labute approximate surface area is 209 Å². The molecular weight excluding hydrogens is 461 g/mol. The van der Waals surface area contributed by atoms with Crippen molar-refractivity contribution in [3.8, 4) is 17.2 Å². The van der Waals surface area contributed by atoms with E-state index in [-0.39, 0.29) is 17.5 Å². The van der Waals surface area contributed by atoms with Crippen LogP contribution in [0.3, 0.4) is 0 Å². The summed E-state index contributed by atoms with van der Waals surface area (Å²) in [4.78, 5) is 16.4. The topological polar surface area (TPSA) is 83.6 Å². The van der Waals surface area contributed by atoms with E-state index in [1.807, 2.05) is 6.07 Å². The number of unbranched alkanes of at least 4 members (excludes halogenated alkanes) is 1. The van der Waals surface area contributed by atoms with Gasteiger partial charge in [0.05, 0.1) is 18.4 Å². The first-order valence-electron chi connectivity index (χ1n) is 12.2. The van der Waals surface area contributed by atoms with Gasteiger partial charge in [0.2, 0.25) is 5.95 Å². The van der Waals surface area contributed by atoms with Crippen molar-refractivity contribution >= 4 is 20.0 Å². The molecule has 1 aliphatic heterocycles. The molecule has 1 fully saturated rings. The fraction of sp³-hybridized carbons (Fsp3) is 0.538. The van der Waals surface area contributed by atoms with Crippen LogP contribution in [-0.4, -0.2) is 43.7 Å². The third kappa shape index (κ3) is 7.09. The Kier molecular flexibility index (Phi) is 8.97. The SMILES string of the molecule is CC(C)(C)[Si](C)(C)OCc1cccc(-c2cnc(N3CCC(=NOCCCC#N)CC3)nc2)c1F. The summed E-state index contributed by atoms with van der Waals surface area (Å²) in [6, 6.07) is 7.48. The zero-order valence-electron chi connectivity index (χ0n) is 21.5. The van der Waals surface area contributed by atoms with Crippen LogP contribution < -0.4 is 4.90 Å². The van der Waals surface area contributed by atoms with E-state index >= 15 is 4.39 Å². The summed E-state index contributed by atoms with van der Waals surface area (Å²) >= 11 is 0. The number of oxime groups is 1. The van der Waals surface area contributed by atoms with Crippen molar-refractivity contribution in [3.63, 3.8) is 0 Å². The lowest BCUT2D eigenvalue weighted by Crippen LogP contribution is -2.40. The summed E-state index contributed by atoms with van der Waals surface area (Å²) in [6.45, 7) is 13.1. The van der Waals surface area contributed by atoms with E-state index in [0.29, 0.717) is 42.1 Å². The molecule has 1 aliphatic rings. The molecule has 1 aromatic carbocycles. The molecule has 1 saturated heterocycles. The van der Waals surface area contributed by atoms with E-state index < -0.39 is 8.32 Å². The van der Waals surface area contributed by atoms with E-state index in [4.69, 9.17) is 14.5 Å². The highest BCUT2D eigenvalue weighted by atomic mass is 28.4. The van der Waals surface area contributed by atoms with Crippen LogP contribution in [0.4, 0.5) is 10.3 Å². The van der Waals surface area contributed by atoms with Crippen LogP contribution in [0.15, 0.2) is 35.7 Å². The first-order chi connectivity index (χ1) is 16.6. The normalized spacial score (nSPS) is 14.5. The quantitative estimate of drug-likeness (QED) is 0.237. The van der Waals surface area contributed by atoms with Crippen molar-refractivity contribution in [2.75, 3.05) is 24.6 Å². The van der Waals surface area contributed by atoms with E-state index in [1.54, 1.807) is 24.5 Å². The van der Waals surface area contributed by atoms with Crippen molar-refractivity contribution in [1.29, 1.82) is 5.26 Å². The van der Waals surface area contributed by atoms with Crippen LogP contribution in [0.2, 0.25) is 18.1 Å². The third-order valence-corrected chi connectivity index (χ3v) is 11.2. The Morgan fingerprint density at radius 1 is 1.17 bits per heavy atom. The standard InChI is InChI=1S/C26H36FN5O2Si/c1-26(2,3)35(4,5)34-19-20-9-8-10-23(24(20)27)21-17-29-25(30-18-21)32-14-11-22(12-15-32)31-33-16-7-6-13-28/h8-10,17-18H,6-7,11-12,14-16,19H2,1-5H3. The summed E-state index contributed by atoms with van der Waals surface area (Å²) < 4.78 is 21.6. The van der Waals surface area contributed by atoms with Gasteiger partial charge in [-0.15, -0.1) is 0 Å². The van der Waals surface area contributed by atoms with Crippen LogP contribution in [0, 0.1) is 17.1 Å². The minimum absolute atomic E-state index is 0.0663. The highest BCUT2D eigenvalue weighted by Crippen LogP contribution is 2.37. The second kappa shape index (κ2) is 11.7. The van der Waals surface area contributed by atoms with Crippen molar-refractivity contribution < 1.29 is 13.7 Å². The first-order valence-corrected chi connectivity index (χ1v) is 15.1. The summed E-state index contributed by atoms with van der Waals surface area (Å²) in [5, 5.41) is 12.8. The monoisotopic (exact) mass is 497 g/mol. The lowest BCUT2D eigenvalue weighted by molar-refractivity contribution is 0.141. The van der Waals surface area contributed by atoms with Crippen molar-refractivity contribution in [2.24, 2.45) is 5.16 Å². The van der Waals surface area contributed by atoms with Gasteiger partial charge in [0.15, 0.2) is 8.32 Å². The van der Waals surface area contributed by atoms with E-state index in [1.165, 1.54) is 0 Å². The van der Waals surface area contributed by atoms with Gasteiger partial charge in [0, 0.05) is 61.4 Å². The minimum atomic E-state index is -1.98. The highest BCUT2D eigenvalue weighted by molar-refractivity contribution is 6.74. The Balaban J connectivity index is 1.61. The number of piperidine rings is 1. The van der Waals surface area contributed by atoms with Gasteiger partial charge < -0.3 is 14.2 Å². The van der Waals surface area contributed by atoms with Crippen LogP contribution in [-0.2, 0) is 15.9 Å². The number of rotatable bonds is 9. The second-order valence-electron chi connectivity index (χ2n) is 10.3. The Hall–Kier alpha value is -2.83. The smallest absolute Gasteiger partial charge is 0.225 e. The number of nitrogens with zero attached hydrogens (tertiary/aromatic N) is 5. The van der Waals surface area contributed by atoms with Crippen LogP contribution >= 0.6 is 0 Å². The van der Waals surface area contributed by atoms with Crippen molar-refractivity contribution in [2.45, 2.75) is 71.2 Å². The van der Waals surface area contributed by atoms with Gasteiger partial charge >= 0.3 is 0 Å². The molecule has 0 N–H and O–H groups in total. The first kappa shape index (κ1) is 26.8. The molecule has 0 bridgehead atoms. The van der Waals surface area contributed by atoms with Crippen molar-refractivity contribution in [1.82, 2.24) is 9.97 Å². The molecule has 7 nitrogen and oxygen atoms in total. The maximum atomic E-state index is 15.3. The molecule has 188 valence electrons. The average Bonchev–Trinajstić information content (AvgIpc) is 2.83. The number of hydrogen-bond donors (Lipinski definition) is 0. The minimum Gasteiger partial charge on any atom is -0.412 e. The summed E-state index contributed by atoms with van der Waals surface area (Å²) in [5.41, 5.74) is 2.68. The van der Waals surface area contributed by atoms with Gasteiger partial charge in [0.1, 0.15) is 12.4 Å². The number of anilines is 1. The molecule has 2 heterocycles. The Morgan fingerprint density at radius 3 is 2.49 bits per heavy atom. The zero-order valence-corrected chi connectivity index (χ0v) is 22.5. The number of halogens is 1. The Bertz CT molecular complexity index is 1050. The van der Waals surface area contributed by atoms with E-state index in [0.717, 1.165) is 31.6 Å². The summed E-state index contributed by atoms with van der Waals surface area (Å²) in [7, 11) is -1.98. The molecule has 0 saturated carbocycles. The number of hydrogen-bond acceptors (Lipinski definition) is 7. The van der Waals surface area contributed by atoms with Crippen LogP contribution in [0.1, 0.15) is 52.0 Å². The molecule has 0 aliphatic carbocycles. The maximum Gasteiger partial charge on any atom is 0.225 e. The molecule has 2 aromatic rings. The van der Waals surface area contributed by atoms with Gasteiger partial charge in [-0.05, 0) is 24.6 Å². The van der Waals surface area contributed by atoms with Gasteiger partial charge in [-0.1, -0.05) is 44.1 Å². The number of nitriles is 1. The third-order valence-electron chi connectivity index (χ3n) is 6.76. The molecule has 0 radical (unpaired) electrons. The van der Waals surface area contributed by atoms with E-state index in [2.05, 4.69) is 60.0 Å². The molecule has 0 unspecified atom stereocenters. The zero-order chi connectivity index (χ0) is 25.5. The predicted molar refractivity (Wildman–Crippen MR) is 139 cm³/mol. The van der Waals surface area contributed by atoms with E-state index in [9.17, 15) is 0 Å². The fourth-order valence-electron chi connectivity index (χ4n) is 3.42. The highest BCUT2D eigenvalue weighted by Gasteiger charge is 2.37. The Morgan fingerprint density at radius 2 is 1.86 bits per heavy atom. The molecular formula is C26H36FN5O2Si. The fourth-order valence-corrected chi connectivity index (χ4v) is 4.37. The average molecular weight is 498 g/mol. The van der Waals surface area contributed by atoms with Crippen LogP contribution in [0.5, 0.6) is 0 Å². The predicted octanol–water partition coefficient (Wildman–Crippen LogP) is 6.08. The number of aromatic nitrogens is 2. The van der Waals surface area contributed by atoms with Crippen LogP contribution in [0.25, 0.3) is 11.1 Å². The lowest BCUT2D eigenvalue weighted by atomic mass is 10.1. The van der Waals surface area contributed by atoms with Crippen molar-refractivity contribution in [3.05, 3.63) is 42.0 Å². The molecule has 1 aromatic heterocycles. The summed E-state index contributed by atoms with van der Waals surface area (Å²) in [5.74, 6) is 0.344. The molecule has 35 heavy (non-hydrogen) atoms. The second-order valence-corrected chi connectivity index (χ2v) is 15.1. The maximum absolute atomic E-state index is 15.3. The molecule has 0 amide bonds.